The van der Waals surface area contributed by atoms with E-state index >= 15 is 0 Å². The highest BCUT2D eigenvalue weighted by Gasteiger charge is 2.30. The van der Waals surface area contributed by atoms with Crippen LogP contribution in [0.3, 0.4) is 0 Å². The van der Waals surface area contributed by atoms with Crippen molar-refractivity contribution in [1.82, 2.24) is 20.0 Å². The highest BCUT2D eigenvalue weighted by atomic mass is 16.6. The third-order valence-electron chi connectivity index (χ3n) is 4.96. The van der Waals surface area contributed by atoms with Gasteiger partial charge in [-0.25, -0.2) is 9.48 Å². The van der Waals surface area contributed by atoms with Gasteiger partial charge in [0.1, 0.15) is 5.60 Å². The number of hydrogen-bond acceptors (Lipinski definition) is 4. The van der Waals surface area contributed by atoms with Crippen LogP contribution in [0.4, 0.5) is 4.79 Å². The molecular weight excluding hydrogens is 392 g/mol. The average Bonchev–Trinajstić information content (AvgIpc) is 3.33. The van der Waals surface area contributed by atoms with E-state index < -0.39 is 5.60 Å². The van der Waals surface area contributed by atoms with Gasteiger partial charge < -0.3 is 10.1 Å². The second-order valence-corrected chi connectivity index (χ2v) is 8.58. The van der Waals surface area contributed by atoms with Crippen LogP contribution in [0.2, 0.25) is 0 Å². The molecule has 1 aliphatic rings. The molecule has 0 radical (unpaired) electrons. The van der Waals surface area contributed by atoms with Crippen molar-refractivity contribution in [3.63, 3.8) is 0 Å². The van der Waals surface area contributed by atoms with Crippen LogP contribution in [0.5, 0.6) is 0 Å². The predicted octanol–water partition coefficient (Wildman–Crippen LogP) is 4.05. The van der Waals surface area contributed by atoms with Gasteiger partial charge >= 0.3 is 6.09 Å². The van der Waals surface area contributed by atoms with Gasteiger partial charge in [-0.2, -0.15) is 5.10 Å². The average molecular weight is 418 g/mol. The summed E-state index contributed by atoms with van der Waals surface area (Å²) >= 11 is 0. The Morgan fingerprint density at radius 1 is 1.06 bits per heavy atom. The number of aromatic nitrogens is 2. The first-order chi connectivity index (χ1) is 14.8. The van der Waals surface area contributed by atoms with Crippen molar-refractivity contribution in [2.75, 3.05) is 0 Å². The second-order valence-electron chi connectivity index (χ2n) is 8.58. The number of benzene rings is 2. The standard InChI is InChI=1S/C24H26N4O3/c1-24(2,3)31-23(30)27-15-19-14-26-28(21(19)16-27)20-11-7-10-18(12-20)22(29)25-13-17-8-5-4-6-9-17/h4-12,14H,13,15-16H2,1-3H3,(H,25,29). The Labute approximate surface area is 181 Å². The number of carbonyl (C=O) groups is 2. The highest BCUT2D eigenvalue weighted by molar-refractivity contribution is 5.94. The van der Waals surface area contributed by atoms with Crippen molar-refractivity contribution in [2.45, 2.75) is 46.0 Å². The fourth-order valence-electron chi connectivity index (χ4n) is 3.49. The summed E-state index contributed by atoms with van der Waals surface area (Å²) in [4.78, 5) is 26.7. The molecule has 0 atom stereocenters. The Morgan fingerprint density at radius 2 is 1.84 bits per heavy atom. The summed E-state index contributed by atoms with van der Waals surface area (Å²) in [5.74, 6) is -0.148. The molecule has 0 unspecified atom stereocenters. The lowest BCUT2D eigenvalue weighted by Gasteiger charge is -2.24. The van der Waals surface area contributed by atoms with Crippen LogP contribution >= 0.6 is 0 Å². The van der Waals surface area contributed by atoms with Gasteiger partial charge in [0, 0.05) is 17.7 Å². The number of fused-ring (bicyclic) bond motifs is 1. The molecule has 0 bridgehead atoms. The largest absolute Gasteiger partial charge is 0.444 e. The van der Waals surface area contributed by atoms with E-state index in [4.69, 9.17) is 4.74 Å². The molecule has 4 rings (SSSR count). The van der Waals surface area contributed by atoms with Gasteiger partial charge in [0.2, 0.25) is 0 Å². The molecule has 2 aromatic carbocycles. The summed E-state index contributed by atoms with van der Waals surface area (Å²) in [6.45, 7) is 6.89. The van der Waals surface area contributed by atoms with Gasteiger partial charge in [-0.05, 0) is 44.5 Å². The van der Waals surface area contributed by atoms with Gasteiger partial charge in [-0.3, -0.25) is 9.69 Å². The summed E-state index contributed by atoms with van der Waals surface area (Å²) < 4.78 is 7.27. The van der Waals surface area contributed by atoms with Crippen molar-refractivity contribution in [3.05, 3.63) is 83.2 Å². The topological polar surface area (TPSA) is 76.5 Å². The van der Waals surface area contributed by atoms with E-state index in [0.717, 1.165) is 22.5 Å². The number of rotatable bonds is 4. The zero-order chi connectivity index (χ0) is 22.0. The molecule has 0 saturated heterocycles. The lowest BCUT2D eigenvalue weighted by Crippen LogP contribution is -2.33. The van der Waals surface area contributed by atoms with Crippen LogP contribution in [0, 0.1) is 0 Å². The van der Waals surface area contributed by atoms with E-state index in [-0.39, 0.29) is 12.0 Å². The first kappa shape index (κ1) is 20.7. The van der Waals surface area contributed by atoms with Gasteiger partial charge in [0.05, 0.1) is 30.7 Å². The van der Waals surface area contributed by atoms with Gasteiger partial charge in [-0.15, -0.1) is 0 Å². The molecule has 160 valence electrons. The Morgan fingerprint density at radius 3 is 2.58 bits per heavy atom. The first-order valence-corrected chi connectivity index (χ1v) is 10.3. The lowest BCUT2D eigenvalue weighted by atomic mass is 10.1. The van der Waals surface area contributed by atoms with Crippen LogP contribution < -0.4 is 5.32 Å². The molecule has 2 heterocycles. The van der Waals surface area contributed by atoms with Crippen LogP contribution in [-0.2, 0) is 24.4 Å². The monoisotopic (exact) mass is 418 g/mol. The fraction of sp³-hybridized carbons (Fsp3) is 0.292. The lowest BCUT2D eigenvalue weighted by molar-refractivity contribution is 0.0239. The molecule has 7 nitrogen and oxygen atoms in total. The highest BCUT2D eigenvalue weighted by Crippen LogP contribution is 2.27. The van der Waals surface area contributed by atoms with Crippen molar-refractivity contribution in [2.24, 2.45) is 0 Å². The summed E-state index contributed by atoms with van der Waals surface area (Å²) in [6, 6.07) is 17.1. The number of nitrogens with one attached hydrogen (secondary N) is 1. The molecule has 31 heavy (non-hydrogen) atoms. The van der Waals surface area contributed by atoms with Crippen molar-refractivity contribution >= 4 is 12.0 Å². The SMILES string of the molecule is CC(C)(C)OC(=O)N1Cc2cnn(-c3cccc(C(=O)NCc4ccccc4)c3)c2C1. The van der Waals surface area contributed by atoms with Crippen molar-refractivity contribution in [3.8, 4) is 5.69 Å². The third kappa shape index (κ3) is 4.77. The molecular formula is C24H26N4O3. The Hall–Kier alpha value is -3.61. The van der Waals surface area contributed by atoms with E-state index in [2.05, 4.69) is 10.4 Å². The van der Waals surface area contributed by atoms with Gasteiger partial charge in [0.25, 0.3) is 5.91 Å². The molecule has 1 N–H and O–H groups in total. The molecule has 3 aromatic rings. The predicted molar refractivity (Wildman–Crippen MR) is 117 cm³/mol. The maximum Gasteiger partial charge on any atom is 0.410 e. The summed E-state index contributed by atoms with van der Waals surface area (Å²) in [5, 5.41) is 7.42. The van der Waals surface area contributed by atoms with Crippen molar-refractivity contribution in [1.29, 1.82) is 0 Å². The minimum atomic E-state index is -0.542. The van der Waals surface area contributed by atoms with Crippen LogP contribution in [-0.4, -0.2) is 32.3 Å². The molecule has 7 heteroatoms. The van der Waals surface area contributed by atoms with E-state index in [1.807, 2.05) is 69.3 Å². The quantitative estimate of drug-likeness (QED) is 0.693. The Balaban J connectivity index is 1.48. The zero-order valence-electron chi connectivity index (χ0n) is 18.0. The number of amides is 2. The molecule has 0 fully saturated rings. The minimum Gasteiger partial charge on any atom is -0.444 e. The Kier molecular flexibility index (Phi) is 5.50. The summed E-state index contributed by atoms with van der Waals surface area (Å²) in [6.07, 6.45) is 1.42. The fourth-order valence-corrected chi connectivity index (χ4v) is 3.49. The molecule has 0 saturated carbocycles. The van der Waals surface area contributed by atoms with E-state index in [9.17, 15) is 9.59 Å². The normalized spacial score (nSPS) is 13.1. The van der Waals surface area contributed by atoms with Crippen LogP contribution in [0.1, 0.15) is 48.0 Å². The number of carbonyl (C=O) groups excluding carboxylic acids is 2. The molecule has 1 aliphatic heterocycles. The second kappa shape index (κ2) is 8.26. The molecule has 1 aromatic heterocycles. The number of ether oxygens (including phenoxy) is 1. The van der Waals surface area contributed by atoms with Crippen LogP contribution in [0.25, 0.3) is 5.69 Å². The first-order valence-electron chi connectivity index (χ1n) is 10.3. The Bertz CT molecular complexity index is 1100. The molecule has 2 amide bonds. The number of hydrogen-bond donors (Lipinski definition) is 1. The molecule has 0 spiro atoms. The van der Waals surface area contributed by atoms with Gasteiger partial charge in [-0.1, -0.05) is 36.4 Å². The maximum absolute atomic E-state index is 12.6. The number of nitrogens with zero attached hydrogens (tertiary/aromatic N) is 3. The summed E-state index contributed by atoms with van der Waals surface area (Å²) in [7, 11) is 0. The summed E-state index contributed by atoms with van der Waals surface area (Å²) in [5.41, 5.74) is 3.73. The van der Waals surface area contributed by atoms with E-state index in [0.29, 0.717) is 25.2 Å². The van der Waals surface area contributed by atoms with Crippen molar-refractivity contribution < 1.29 is 14.3 Å². The van der Waals surface area contributed by atoms with E-state index in [1.165, 1.54) is 0 Å². The minimum absolute atomic E-state index is 0.148. The van der Waals surface area contributed by atoms with Crippen LogP contribution in [0.15, 0.2) is 60.8 Å². The maximum atomic E-state index is 12.6. The zero-order valence-corrected chi connectivity index (χ0v) is 18.0. The third-order valence-corrected chi connectivity index (χ3v) is 4.96. The molecule has 0 aliphatic carbocycles. The van der Waals surface area contributed by atoms with E-state index in [1.54, 1.807) is 21.8 Å². The van der Waals surface area contributed by atoms with Gasteiger partial charge in [0.15, 0.2) is 0 Å². The smallest absolute Gasteiger partial charge is 0.410 e.